The van der Waals surface area contributed by atoms with E-state index in [-0.39, 0.29) is 10.6 Å². The molecule has 6 heteroatoms. The van der Waals surface area contributed by atoms with Crippen molar-refractivity contribution < 1.29 is 4.92 Å². The molecule has 0 spiro atoms. The number of hydrogen-bond donors (Lipinski definition) is 1. The van der Waals surface area contributed by atoms with Gasteiger partial charge in [0.2, 0.25) is 0 Å². The van der Waals surface area contributed by atoms with Crippen molar-refractivity contribution in [3.05, 3.63) is 62.1 Å². The predicted octanol–water partition coefficient (Wildman–Crippen LogP) is 3.50. The number of non-ortho nitro benzene ring substituents is 1. The predicted molar refractivity (Wildman–Crippen MR) is 86.4 cm³/mol. The van der Waals surface area contributed by atoms with E-state index in [2.05, 4.69) is 26.9 Å². The lowest BCUT2D eigenvalue weighted by atomic mass is 9.97. The molecule has 0 atom stereocenters. The number of rotatable bonds is 2. The maximum atomic E-state index is 10.8. The third-order valence-electron chi connectivity index (χ3n) is 3.78. The van der Waals surface area contributed by atoms with Gasteiger partial charge in [-0.2, -0.15) is 0 Å². The monoisotopic (exact) mass is 347 g/mol. The molecule has 0 bridgehead atoms. The van der Waals surface area contributed by atoms with E-state index in [0.717, 1.165) is 35.4 Å². The van der Waals surface area contributed by atoms with E-state index < -0.39 is 0 Å². The molecule has 0 saturated heterocycles. The van der Waals surface area contributed by atoms with Crippen molar-refractivity contribution in [1.29, 1.82) is 0 Å². The molecule has 2 N–H and O–H groups in total. The molecule has 3 rings (SSSR count). The van der Waals surface area contributed by atoms with Crippen molar-refractivity contribution in [2.24, 2.45) is 0 Å². The van der Waals surface area contributed by atoms with Gasteiger partial charge in [-0.15, -0.1) is 0 Å². The van der Waals surface area contributed by atoms with Crippen molar-refractivity contribution in [1.82, 2.24) is 0 Å². The van der Waals surface area contributed by atoms with Gasteiger partial charge < -0.3 is 10.6 Å². The van der Waals surface area contributed by atoms with Crippen LogP contribution in [0.25, 0.3) is 0 Å². The zero-order valence-corrected chi connectivity index (χ0v) is 12.8. The molecule has 1 aliphatic rings. The minimum Gasteiger partial charge on any atom is -0.398 e. The number of nitrogens with zero attached hydrogens (tertiary/aromatic N) is 2. The van der Waals surface area contributed by atoms with Crippen LogP contribution in [0.1, 0.15) is 11.1 Å². The van der Waals surface area contributed by atoms with Crippen molar-refractivity contribution in [2.45, 2.75) is 13.0 Å². The van der Waals surface area contributed by atoms with Gasteiger partial charge in [0.1, 0.15) is 0 Å². The van der Waals surface area contributed by atoms with Gasteiger partial charge in [-0.05, 0) is 45.6 Å². The van der Waals surface area contributed by atoms with Crippen LogP contribution < -0.4 is 10.6 Å². The Bertz CT molecular complexity index is 718. The van der Waals surface area contributed by atoms with Gasteiger partial charge in [-0.25, -0.2) is 0 Å². The summed E-state index contributed by atoms with van der Waals surface area (Å²) in [4.78, 5) is 12.6. The minimum atomic E-state index is -0.388. The summed E-state index contributed by atoms with van der Waals surface area (Å²) in [6.45, 7) is 1.61. The molecule has 1 heterocycles. The molecule has 2 aromatic rings. The number of fused-ring (bicyclic) bond motifs is 1. The molecule has 0 aliphatic carbocycles. The van der Waals surface area contributed by atoms with Crippen LogP contribution in [-0.2, 0) is 13.0 Å². The summed E-state index contributed by atoms with van der Waals surface area (Å²) in [5.74, 6) is 0. The van der Waals surface area contributed by atoms with Gasteiger partial charge in [0.15, 0.2) is 0 Å². The zero-order valence-electron chi connectivity index (χ0n) is 11.3. The molecule has 0 aromatic heterocycles. The van der Waals surface area contributed by atoms with Gasteiger partial charge in [0, 0.05) is 35.4 Å². The van der Waals surface area contributed by atoms with Crippen LogP contribution in [0, 0.1) is 10.1 Å². The first-order chi connectivity index (χ1) is 10.1. The van der Waals surface area contributed by atoms with Crippen LogP contribution in [0.3, 0.4) is 0 Å². The topological polar surface area (TPSA) is 72.4 Å². The molecule has 0 radical (unpaired) electrons. The van der Waals surface area contributed by atoms with Crippen molar-refractivity contribution in [3.63, 3.8) is 0 Å². The highest BCUT2D eigenvalue weighted by Crippen LogP contribution is 2.34. The average molecular weight is 348 g/mol. The lowest BCUT2D eigenvalue weighted by Gasteiger charge is -2.32. The zero-order chi connectivity index (χ0) is 15.0. The molecule has 2 aromatic carbocycles. The Kier molecular flexibility index (Phi) is 3.55. The summed E-state index contributed by atoms with van der Waals surface area (Å²) in [6.07, 6.45) is 0.880. The fraction of sp³-hybridized carbons (Fsp3) is 0.200. The van der Waals surface area contributed by atoms with Crippen LogP contribution in [0.4, 0.5) is 17.1 Å². The summed E-state index contributed by atoms with van der Waals surface area (Å²) < 4.78 is 0.740. The van der Waals surface area contributed by atoms with Crippen LogP contribution in [0.15, 0.2) is 40.9 Å². The number of benzene rings is 2. The highest BCUT2D eigenvalue weighted by atomic mass is 79.9. The number of nitro groups is 1. The van der Waals surface area contributed by atoms with Crippen LogP contribution in [0.5, 0.6) is 0 Å². The highest BCUT2D eigenvalue weighted by molar-refractivity contribution is 9.10. The summed E-state index contributed by atoms with van der Waals surface area (Å²) in [6, 6.07) is 10.8. The van der Waals surface area contributed by atoms with Crippen molar-refractivity contribution in [3.8, 4) is 0 Å². The first-order valence-corrected chi connectivity index (χ1v) is 7.40. The number of nitrogens with two attached hydrogens (primary N) is 1. The second-order valence-corrected chi connectivity index (χ2v) is 5.90. The molecule has 1 aliphatic heterocycles. The largest absolute Gasteiger partial charge is 0.398 e. The number of hydrogen-bond acceptors (Lipinski definition) is 4. The Morgan fingerprint density at radius 1 is 1.29 bits per heavy atom. The van der Waals surface area contributed by atoms with E-state index in [0.29, 0.717) is 0 Å². The molecule has 21 heavy (non-hydrogen) atoms. The number of nitro benzene ring substituents is 1. The van der Waals surface area contributed by atoms with E-state index >= 15 is 0 Å². The van der Waals surface area contributed by atoms with E-state index in [4.69, 9.17) is 5.73 Å². The summed E-state index contributed by atoms with van der Waals surface area (Å²) in [5.41, 5.74) is 10.3. The second-order valence-electron chi connectivity index (χ2n) is 5.05. The molecular formula is C15H14BrN3O2. The summed E-state index contributed by atoms with van der Waals surface area (Å²) in [7, 11) is 0. The van der Waals surface area contributed by atoms with E-state index in [1.165, 1.54) is 17.2 Å². The standard InChI is InChI=1S/C15H14BrN3O2/c16-13-8-11(19(20)21)4-5-15(13)18-7-6-12-10(9-18)2-1-3-14(12)17/h1-5,8H,6-7,9,17H2. The smallest absolute Gasteiger partial charge is 0.270 e. The number of anilines is 2. The number of nitrogen functional groups attached to an aromatic ring is 1. The summed E-state index contributed by atoms with van der Waals surface area (Å²) >= 11 is 3.43. The van der Waals surface area contributed by atoms with Crippen LogP contribution in [-0.4, -0.2) is 11.5 Å². The summed E-state index contributed by atoms with van der Waals surface area (Å²) in [5, 5.41) is 10.8. The van der Waals surface area contributed by atoms with Crippen molar-refractivity contribution in [2.75, 3.05) is 17.2 Å². The SMILES string of the molecule is Nc1cccc2c1CCN(c1ccc([N+](=O)[O-])cc1Br)C2. The van der Waals surface area contributed by atoms with E-state index in [9.17, 15) is 10.1 Å². The van der Waals surface area contributed by atoms with Crippen LogP contribution >= 0.6 is 15.9 Å². The first-order valence-electron chi connectivity index (χ1n) is 6.61. The first kappa shape index (κ1) is 13.9. The Morgan fingerprint density at radius 3 is 2.81 bits per heavy atom. The lowest BCUT2D eigenvalue weighted by Crippen LogP contribution is -2.31. The highest BCUT2D eigenvalue weighted by Gasteiger charge is 2.20. The molecule has 5 nitrogen and oxygen atoms in total. The van der Waals surface area contributed by atoms with Crippen molar-refractivity contribution >= 4 is 33.0 Å². The third kappa shape index (κ3) is 2.58. The fourth-order valence-electron chi connectivity index (χ4n) is 2.71. The molecular weight excluding hydrogens is 334 g/mol. The normalized spacial score (nSPS) is 13.9. The van der Waals surface area contributed by atoms with Gasteiger partial charge in [-0.1, -0.05) is 12.1 Å². The van der Waals surface area contributed by atoms with Gasteiger partial charge >= 0.3 is 0 Å². The molecule has 0 fully saturated rings. The maximum absolute atomic E-state index is 10.8. The average Bonchev–Trinajstić information content (AvgIpc) is 2.47. The van der Waals surface area contributed by atoms with E-state index in [1.807, 2.05) is 12.1 Å². The Labute approximate surface area is 130 Å². The number of halogens is 1. The van der Waals surface area contributed by atoms with Gasteiger partial charge in [0.05, 0.1) is 10.6 Å². The maximum Gasteiger partial charge on any atom is 0.270 e. The Morgan fingerprint density at radius 2 is 2.10 bits per heavy atom. The molecule has 108 valence electrons. The second kappa shape index (κ2) is 5.37. The van der Waals surface area contributed by atoms with Gasteiger partial charge in [-0.3, -0.25) is 10.1 Å². The molecule has 0 unspecified atom stereocenters. The Hall–Kier alpha value is -2.08. The van der Waals surface area contributed by atoms with E-state index in [1.54, 1.807) is 12.1 Å². The Balaban J connectivity index is 1.91. The van der Waals surface area contributed by atoms with Gasteiger partial charge in [0.25, 0.3) is 5.69 Å². The minimum absolute atomic E-state index is 0.0901. The lowest BCUT2D eigenvalue weighted by molar-refractivity contribution is -0.384. The molecule has 0 saturated carbocycles. The fourth-order valence-corrected chi connectivity index (χ4v) is 3.33. The quantitative estimate of drug-likeness (QED) is 0.512. The molecule has 0 amide bonds. The third-order valence-corrected chi connectivity index (χ3v) is 4.42. The van der Waals surface area contributed by atoms with Crippen LogP contribution in [0.2, 0.25) is 0 Å².